The van der Waals surface area contributed by atoms with E-state index < -0.39 is 16.7 Å². The lowest BCUT2D eigenvalue weighted by Crippen LogP contribution is -2.19. The van der Waals surface area contributed by atoms with E-state index in [1.807, 2.05) is 26.0 Å². The number of para-hydroxylation sites is 2. The molecular weight excluding hydrogens is 370 g/mol. The number of nitro groups is 1. The van der Waals surface area contributed by atoms with Gasteiger partial charge in [-0.3, -0.25) is 19.7 Å². The highest BCUT2D eigenvalue weighted by atomic mass is 16.6. The molecule has 0 aliphatic heterocycles. The van der Waals surface area contributed by atoms with Crippen LogP contribution in [0.4, 0.5) is 17.1 Å². The van der Waals surface area contributed by atoms with Crippen molar-refractivity contribution in [1.82, 2.24) is 0 Å². The Kier molecular flexibility index (Phi) is 5.69. The molecule has 7 heteroatoms. The van der Waals surface area contributed by atoms with E-state index in [-0.39, 0.29) is 22.5 Å². The first-order valence-electron chi connectivity index (χ1n) is 8.89. The van der Waals surface area contributed by atoms with E-state index in [4.69, 9.17) is 0 Å². The van der Waals surface area contributed by atoms with Gasteiger partial charge in [-0.25, -0.2) is 0 Å². The Labute approximate surface area is 167 Å². The lowest BCUT2D eigenvalue weighted by atomic mass is 10.1. The molecule has 0 bridgehead atoms. The van der Waals surface area contributed by atoms with Crippen LogP contribution in [-0.2, 0) is 0 Å². The minimum atomic E-state index is -0.663. The van der Waals surface area contributed by atoms with E-state index in [0.717, 1.165) is 11.1 Å². The Hall–Kier alpha value is -4.00. The fourth-order valence-corrected chi connectivity index (χ4v) is 2.82. The molecule has 0 unspecified atom stereocenters. The second kappa shape index (κ2) is 8.35. The Morgan fingerprint density at radius 2 is 1.41 bits per heavy atom. The van der Waals surface area contributed by atoms with E-state index in [1.165, 1.54) is 18.2 Å². The molecule has 0 aromatic heterocycles. The number of amides is 2. The normalized spacial score (nSPS) is 10.3. The summed E-state index contributed by atoms with van der Waals surface area (Å²) in [5.41, 5.74) is 2.91. The van der Waals surface area contributed by atoms with Gasteiger partial charge in [-0.1, -0.05) is 30.3 Å². The number of hydrogen-bond acceptors (Lipinski definition) is 4. The van der Waals surface area contributed by atoms with Gasteiger partial charge in [0.15, 0.2) is 0 Å². The second-order valence-corrected chi connectivity index (χ2v) is 6.53. The predicted octanol–water partition coefficient (Wildman–Crippen LogP) is 4.72. The highest BCUT2D eigenvalue weighted by Gasteiger charge is 2.21. The van der Waals surface area contributed by atoms with Crippen LogP contribution in [0.2, 0.25) is 0 Å². The summed E-state index contributed by atoms with van der Waals surface area (Å²) in [7, 11) is 0. The van der Waals surface area contributed by atoms with Crippen molar-refractivity contribution in [2.24, 2.45) is 0 Å². The first-order chi connectivity index (χ1) is 13.9. The van der Waals surface area contributed by atoms with E-state index in [0.29, 0.717) is 5.69 Å². The zero-order valence-corrected chi connectivity index (χ0v) is 15.9. The summed E-state index contributed by atoms with van der Waals surface area (Å²) in [5.74, 6) is -1.06. The Balaban J connectivity index is 1.85. The minimum Gasteiger partial charge on any atom is -0.322 e. The summed E-state index contributed by atoms with van der Waals surface area (Å²) >= 11 is 0. The second-order valence-electron chi connectivity index (χ2n) is 6.53. The van der Waals surface area contributed by atoms with Crippen LogP contribution in [-0.4, -0.2) is 16.7 Å². The summed E-state index contributed by atoms with van der Waals surface area (Å²) in [4.78, 5) is 35.9. The number of aryl methyl sites for hydroxylation is 2. The van der Waals surface area contributed by atoms with Gasteiger partial charge in [-0.2, -0.15) is 0 Å². The standard InChI is InChI=1S/C22H19N3O4/c1-14-11-12-16(13-15(14)2)23-21(26)17-7-3-5-9-19(17)24-22(27)18-8-4-6-10-20(18)25(28)29/h3-13H,1-2H3,(H,23,26)(H,24,27). The molecule has 0 aliphatic carbocycles. The smallest absolute Gasteiger partial charge is 0.282 e. The molecule has 0 atom stereocenters. The maximum Gasteiger partial charge on any atom is 0.282 e. The van der Waals surface area contributed by atoms with Gasteiger partial charge in [0.1, 0.15) is 5.56 Å². The fraction of sp³-hybridized carbons (Fsp3) is 0.0909. The number of carbonyl (C=O) groups is 2. The topological polar surface area (TPSA) is 101 Å². The third kappa shape index (κ3) is 4.47. The third-order valence-corrected chi connectivity index (χ3v) is 4.53. The van der Waals surface area contributed by atoms with Crippen molar-refractivity contribution in [3.8, 4) is 0 Å². The van der Waals surface area contributed by atoms with Crippen LogP contribution in [0.1, 0.15) is 31.8 Å². The average molecular weight is 389 g/mol. The van der Waals surface area contributed by atoms with Crippen molar-refractivity contribution >= 4 is 28.9 Å². The van der Waals surface area contributed by atoms with Gasteiger partial charge in [-0.15, -0.1) is 0 Å². The molecule has 3 rings (SSSR count). The maximum atomic E-state index is 12.8. The van der Waals surface area contributed by atoms with Crippen LogP contribution < -0.4 is 10.6 Å². The number of hydrogen-bond donors (Lipinski definition) is 2. The molecule has 0 saturated carbocycles. The fourth-order valence-electron chi connectivity index (χ4n) is 2.82. The molecule has 0 heterocycles. The van der Waals surface area contributed by atoms with E-state index in [1.54, 1.807) is 36.4 Å². The average Bonchev–Trinajstić information content (AvgIpc) is 2.71. The number of rotatable bonds is 5. The first kappa shape index (κ1) is 19.8. The maximum absolute atomic E-state index is 12.8. The van der Waals surface area contributed by atoms with E-state index in [2.05, 4.69) is 10.6 Å². The molecular formula is C22H19N3O4. The summed E-state index contributed by atoms with van der Waals surface area (Å²) in [6, 6.07) is 17.7. The highest BCUT2D eigenvalue weighted by molar-refractivity contribution is 6.13. The first-order valence-corrected chi connectivity index (χ1v) is 8.89. The zero-order chi connectivity index (χ0) is 21.0. The number of nitrogens with one attached hydrogen (secondary N) is 2. The van der Waals surface area contributed by atoms with Gasteiger partial charge < -0.3 is 10.6 Å². The van der Waals surface area contributed by atoms with E-state index in [9.17, 15) is 19.7 Å². The van der Waals surface area contributed by atoms with E-state index >= 15 is 0 Å². The molecule has 0 radical (unpaired) electrons. The van der Waals surface area contributed by atoms with Crippen LogP contribution in [0.5, 0.6) is 0 Å². The summed E-state index contributed by atoms with van der Waals surface area (Å²) in [6.07, 6.45) is 0. The highest BCUT2D eigenvalue weighted by Crippen LogP contribution is 2.22. The molecule has 0 fully saturated rings. The molecule has 29 heavy (non-hydrogen) atoms. The molecule has 2 amide bonds. The third-order valence-electron chi connectivity index (χ3n) is 4.53. The lowest BCUT2D eigenvalue weighted by molar-refractivity contribution is -0.385. The van der Waals surface area contributed by atoms with Crippen molar-refractivity contribution in [2.45, 2.75) is 13.8 Å². The van der Waals surface area contributed by atoms with Gasteiger partial charge >= 0.3 is 0 Å². The van der Waals surface area contributed by atoms with Gasteiger partial charge in [0, 0.05) is 11.8 Å². The molecule has 3 aromatic rings. The summed E-state index contributed by atoms with van der Waals surface area (Å²) in [6.45, 7) is 3.93. The largest absolute Gasteiger partial charge is 0.322 e. The minimum absolute atomic E-state index is 0.0816. The molecule has 0 spiro atoms. The van der Waals surface area contributed by atoms with Crippen molar-refractivity contribution in [1.29, 1.82) is 0 Å². The quantitative estimate of drug-likeness (QED) is 0.487. The van der Waals surface area contributed by atoms with Crippen LogP contribution >= 0.6 is 0 Å². The lowest BCUT2D eigenvalue weighted by Gasteiger charge is -2.12. The van der Waals surface area contributed by atoms with Crippen molar-refractivity contribution in [3.63, 3.8) is 0 Å². The number of nitro benzene ring substituents is 1. The van der Waals surface area contributed by atoms with Gasteiger partial charge in [0.05, 0.1) is 16.2 Å². The molecule has 2 N–H and O–H groups in total. The van der Waals surface area contributed by atoms with Gasteiger partial charge in [0.25, 0.3) is 17.5 Å². The Bertz CT molecular complexity index is 1110. The number of carbonyl (C=O) groups excluding carboxylic acids is 2. The van der Waals surface area contributed by atoms with Crippen LogP contribution in [0, 0.1) is 24.0 Å². The van der Waals surface area contributed by atoms with Gasteiger partial charge in [0.2, 0.25) is 0 Å². The summed E-state index contributed by atoms with van der Waals surface area (Å²) < 4.78 is 0. The number of anilines is 2. The van der Waals surface area contributed by atoms with Crippen LogP contribution in [0.15, 0.2) is 66.7 Å². The molecule has 3 aromatic carbocycles. The summed E-state index contributed by atoms with van der Waals surface area (Å²) in [5, 5.41) is 16.6. The van der Waals surface area contributed by atoms with Crippen molar-refractivity contribution in [2.75, 3.05) is 10.6 Å². The number of nitrogens with zero attached hydrogens (tertiary/aromatic N) is 1. The molecule has 146 valence electrons. The van der Waals surface area contributed by atoms with Crippen LogP contribution in [0.3, 0.4) is 0 Å². The monoisotopic (exact) mass is 389 g/mol. The molecule has 0 aliphatic rings. The SMILES string of the molecule is Cc1ccc(NC(=O)c2ccccc2NC(=O)c2ccccc2[N+](=O)[O-])cc1C. The van der Waals surface area contributed by atoms with Crippen LogP contribution in [0.25, 0.3) is 0 Å². The zero-order valence-electron chi connectivity index (χ0n) is 15.9. The number of benzene rings is 3. The Morgan fingerprint density at radius 3 is 2.10 bits per heavy atom. The molecule has 0 saturated heterocycles. The van der Waals surface area contributed by atoms with Crippen molar-refractivity contribution < 1.29 is 14.5 Å². The van der Waals surface area contributed by atoms with Crippen molar-refractivity contribution in [3.05, 3.63) is 99.1 Å². The molecule has 7 nitrogen and oxygen atoms in total. The predicted molar refractivity (Wildman–Crippen MR) is 111 cm³/mol. The Morgan fingerprint density at radius 1 is 0.793 bits per heavy atom. The van der Waals surface area contributed by atoms with Gasteiger partial charge in [-0.05, 0) is 55.3 Å².